The number of rotatable bonds is 7. The van der Waals surface area contributed by atoms with Crippen molar-refractivity contribution >= 4 is 40.7 Å². The average Bonchev–Trinajstić information content (AvgIpc) is 2.75. The van der Waals surface area contributed by atoms with Gasteiger partial charge in [0.05, 0.1) is 0 Å². The maximum Gasteiger partial charge on any atom is 0.255 e. The zero-order valence-corrected chi connectivity index (χ0v) is 17.5. The normalized spacial score (nSPS) is 11.6. The predicted octanol–water partition coefficient (Wildman–Crippen LogP) is 4.35. The third-order valence-corrected chi connectivity index (χ3v) is 5.03. The molecule has 0 aliphatic carbocycles. The lowest BCUT2D eigenvalue weighted by Gasteiger charge is -2.13. The van der Waals surface area contributed by atoms with E-state index in [0.717, 1.165) is 11.1 Å². The minimum absolute atomic E-state index is 0.0980. The molecule has 2 amide bonds. The molecular weight excluding hydrogens is 423 g/mol. The molecule has 0 fully saturated rings. The van der Waals surface area contributed by atoms with Crippen molar-refractivity contribution in [2.45, 2.75) is 19.0 Å². The lowest BCUT2D eigenvalue weighted by atomic mass is 10.0. The smallest absolute Gasteiger partial charge is 0.255 e. The fourth-order valence-corrected chi connectivity index (χ4v) is 3.16. The van der Waals surface area contributed by atoms with E-state index in [2.05, 4.69) is 15.6 Å². The molecule has 3 aromatic rings. The van der Waals surface area contributed by atoms with E-state index in [1.54, 1.807) is 67.0 Å². The molecule has 30 heavy (non-hydrogen) atoms. The van der Waals surface area contributed by atoms with Gasteiger partial charge < -0.3 is 16.4 Å². The molecule has 1 aromatic heterocycles. The van der Waals surface area contributed by atoms with Crippen molar-refractivity contribution in [3.8, 4) is 0 Å². The van der Waals surface area contributed by atoms with E-state index in [9.17, 15) is 9.59 Å². The van der Waals surface area contributed by atoms with Gasteiger partial charge in [-0.1, -0.05) is 35.3 Å². The lowest BCUT2D eigenvalue weighted by molar-refractivity contribution is -0.121. The largest absolute Gasteiger partial charge is 0.352 e. The van der Waals surface area contributed by atoms with E-state index in [4.69, 9.17) is 28.9 Å². The zero-order chi connectivity index (χ0) is 21.5. The van der Waals surface area contributed by atoms with Crippen molar-refractivity contribution in [1.82, 2.24) is 10.3 Å². The number of nitrogens with two attached hydrogens (primary N) is 1. The minimum Gasteiger partial charge on any atom is -0.352 e. The number of benzene rings is 2. The van der Waals surface area contributed by atoms with Crippen LogP contribution in [0.2, 0.25) is 10.0 Å². The van der Waals surface area contributed by atoms with Crippen molar-refractivity contribution in [2.75, 3.05) is 5.32 Å². The van der Waals surface area contributed by atoms with Gasteiger partial charge in [0.1, 0.15) is 0 Å². The second-order valence-corrected chi connectivity index (χ2v) is 7.48. The Morgan fingerprint density at radius 3 is 2.40 bits per heavy atom. The van der Waals surface area contributed by atoms with Crippen LogP contribution in [0.15, 0.2) is 67.0 Å². The van der Waals surface area contributed by atoms with Gasteiger partial charge in [-0.2, -0.15) is 0 Å². The molecule has 1 atom stereocenters. The van der Waals surface area contributed by atoms with Gasteiger partial charge in [0.15, 0.2) is 0 Å². The molecule has 0 saturated carbocycles. The van der Waals surface area contributed by atoms with Gasteiger partial charge in [-0.25, -0.2) is 0 Å². The standard InChI is InChI=1S/C22H20Cl2N4O2/c23-17-5-6-19(24)16(11-17)13-27-21(29)12-20(25)14-1-3-15(4-2-14)22(30)28-18-7-9-26-10-8-18/h1-11,20H,12-13,25H2,(H,27,29)(H,26,28,30). The van der Waals surface area contributed by atoms with Gasteiger partial charge >= 0.3 is 0 Å². The van der Waals surface area contributed by atoms with Gasteiger partial charge in [0.2, 0.25) is 5.91 Å². The van der Waals surface area contributed by atoms with Crippen molar-refractivity contribution in [3.05, 3.63) is 93.7 Å². The van der Waals surface area contributed by atoms with Crippen molar-refractivity contribution < 1.29 is 9.59 Å². The third kappa shape index (κ3) is 6.03. The summed E-state index contributed by atoms with van der Waals surface area (Å²) < 4.78 is 0. The summed E-state index contributed by atoms with van der Waals surface area (Å²) in [6.45, 7) is 0.263. The number of nitrogens with zero attached hydrogens (tertiary/aromatic N) is 1. The summed E-state index contributed by atoms with van der Waals surface area (Å²) in [5.74, 6) is -0.449. The van der Waals surface area contributed by atoms with Crippen LogP contribution in [0.4, 0.5) is 5.69 Å². The third-order valence-electron chi connectivity index (χ3n) is 4.43. The van der Waals surface area contributed by atoms with Crippen LogP contribution in [0, 0.1) is 0 Å². The fourth-order valence-electron chi connectivity index (χ4n) is 2.78. The van der Waals surface area contributed by atoms with Crippen molar-refractivity contribution in [1.29, 1.82) is 0 Å². The summed E-state index contributed by atoms with van der Waals surface area (Å²) in [5.41, 5.74) is 8.79. The van der Waals surface area contributed by atoms with E-state index in [-0.39, 0.29) is 24.8 Å². The first-order valence-corrected chi connectivity index (χ1v) is 9.95. The van der Waals surface area contributed by atoms with E-state index < -0.39 is 6.04 Å². The van der Waals surface area contributed by atoms with Crippen LogP contribution in [0.5, 0.6) is 0 Å². The summed E-state index contributed by atoms with van der Waals surface area (Å²) in [4.78, 5) is 28.4. The number of amides is 2. The van der Waals surface area contributed by atoms with Crippen LogP contribution < -0.4 is 16.4 Å². The Labute approximate surface area is 184 Å². The lowest BCUT2D eigenvalue weighted by Crippen LogP contribution is -2.27. The molecule has 0 spiro atoms. The van der Waals surface area contributed by atoms with Gasteiger partial charge in [0.25, 0.3) is 5.91 Å². The maximum atomic E-state index is 12.3. The first-order valence-electron chi connectivity index (χ1n) is 9.20. The number of nitrogens with one attached hydrogen (secondary N) is 2. The van der Waals surface area contributed by atoms with E-state index in [1.165, 1.54) is 0 Å². The molecule has 3 rings (SSSR count). The Bertz CT molecular complexity index is 1030. The number of pyridine rings is 1. The summed E-state index contributed by atoms with van der Waals surface area (Å²) in [5, 5.41) is 6.66. The zero-order valence-electron chi connectivity index (χ0n) is 15.9. The molecule has 154 valence electrons. The first-order chi connectivity index (χ1) is 14.4. The molecule has 1 heterocycles. The second kappa shape index (κ2) is 10.2. The van der Waals surface area contributed by atoms with Crippen LogP contribution >= 0.6 is 23.2 Å². The monoisotopic (exact) mass is 442 g/mol. The average molecular weight is 443 g/mol. The maximum absolute atomic E-state index is 12.3. The fraction of sp³-hybridized carbons (Fsp3) is 0.136. The molecule has 0 aliphatic rings. The molecule has 1 unspecified atom stereocenters. The van der Waals surface area contributed by atoms with Crippen molar-refractivity contribution in [2.24, 2.45) is 5.73 Å². The van der Waals surface area contributed by atoms with Crippen LogP contribution in [-0.4, -0.2) is 16.8 Å². The number of anilines is 1. The summed E-state index contributed by atoms with van der Waals surface area (Å²) in [7, 11) is 0. The number of hydrogen-bond donors (Lipinski definition) is 3. The van der Waals surface area contributed by atoms with Crippen LogP contribution in [-0.2, 0) is 11.3 Å². The second-order valence-electron chi connectivity index (χ2n) is 6.64. The highest BCUT2D eigenvalue weighted by molar-refractivity contribution is 6.33. The van der Waals surface area contributed by atoms with E-state index in [0.29, 0.717) is 21.3 Å². The highest BCUT2D eigenvalue weighted by Crippen LogP contribution is 2.21. The van der Waals surface area contributed by atoms with Gasteiger partial charge in [-0.3, -0.25) is 14.6 Å². The molecule has 4 N–H and O–H groups in total. The van der Waals surface area contributed by atoms with Gasteiger partial charge in [-0.05, 0) is 53.6 Å². The summed E-state index contributed by atoms with van der Waals surface area (Å²) in [6, 6.07) is 14.8. The Kier molecular flexibility index (Phi) is 7.41. The predicted molar refractivity (Wildman–Crippen MR) is 118 cm³/mol. The van der Waals surface area contributed by atoms with Gasteiger partial charge in [-0.15, -0.1) is 0 Å². The Balaban J connectivity index is 1.53. The minimum atomic E-state index is -0.503. The van der Waals surface area contributed by atoms with Crippen LogP contribution in [0.1, 0.15) is 33.9 Å². The molecular formula is C22H20Cl2N4O2. The summed E-state index contributed by atoms with van der Waals surface area (Å²) in [6.07, 6.45) is 3.30. The molecule has 6 nitrogen and oxygen atoms in total. The summed E-state index contributed by atoms with van der Waals surface area (Å²) >= 11 is 12.1. The highest BCUT2D eigenvalue weighted by Gasteiger charge is 2.14. The van der Waals surface area contributed by atoms with E-state index in [1.807, 2.05) is 0 Å². The number of halogens is 2. The Morgan fingerprint density at radius 1 is 1.00 bits per heavy atom. The number of carbonyl (C=O) groups is 2. The Hall–Kier alpha value is -2.93. The Morgan fingerprint density at radius 2 is 1.70 bits per heavy atom. The van der Waals surface area contributed by atoms with Crippen molar-refractivity contribution in [3.63, 3.8) is 0 Å². The molecule has 0 aliphatic heterocycles. The first kappa shape index (κ1) is 21.8. The molecule has 0 radical (unpaired) electrons. The number of aromatic nitrogens is 1. The highest BCUT2D eigenvalue weighted by atomic mass is 35.5. The quantitative estimate of drug-likeness (QED) is 0.506. The molecule has 2 aromatic carbocycles. The molecule has 0 bridgehead atoms. The van der Waals surface area contributed by atoms with Crippen LogP contribution in [0.25, 0.3) is 0 Å². The van der Waals surface area contributed by atoms with Crippen LogP contribution in [0.3, 0.4) is 0 Å². The topological polar surface area (TPSA) is 97.1 Å². The SMILES string of the molecule is NC(CC(=O)NCc1cc(Cl)ccc1Cl)c1ccc(C(=O)Nc2ccncc2)cc1. The number of carbonyl (C=O) groups excluding carboxylic acids is 2. The number of hydrogen-bond acceptors (Lipinski definition) is 4. The molecule has 8 heteroatoms. The van der Waals surface area contributed by atoms with E-state index >= 15 is 0 Å². The molecule has 0 saturated heterocycles. The van der Waals surface area contributed by atoms with Gasteiger partial charge in [0, 0.05) is 52.7 Å².